The number of fused-ring (bicyclic) bond motifs is 1. The summed E-state index contributed by atoms with van der Waals surface area (Å²) >= 11 is 0. The highest BCUT2D eigenvalue weighted by molar-refractivity contribution is 7.89. The van der Waals surface area contributed by atoms with E-state index in [2.05, 4.69) is 10.6 Å². The van der Waals surface area contributed by atoms with Crippen molar-refractivity contribution >= 4 is 27.4 Å². The van der Waals surface area contributed by atoms with E-state index in [-0.39, 0.29) is 17.1 Å². The van der Waals surface area contributed by atoms with Crippen molar-refractivity contribution in [2.45, 2.75) is 24.0 Å². The van der Waals surface area contributed by atoms with Gasteiger partial charge in [0.2, 0.25) is 10.0 Å². The Hall–Kier alpha value is -3.37. The number of alkyl halides is 3. The minimum Gasteiger partial charge on any atom is -0.308 e. The summed E-state index contributed by atoms with van der Waals surface area (Å²) in [6, 6.07) is 17.0. The highest BCUT2D eigenvalue weighted by Gasteiger charge is 2.33. The largest absolute Gasteiger partial charge is 0.418 e. The number of benzene rings is 3. The Morgan fingerprint density at radius 1 is 0.879 bits per heavy atom. The molecule has 10 heteroatoms. The fourth-order valence-electron chi connectivity index (χ4n) is 3.68. The molecule has 0 aliphatic carbocycles. The minimum absolute atomic E-state index is 0.126. The predicted octanol–water partition coefficient (Wildman–Crippen LogP) is 5.10. The van der Waals surface area contributed by atoms with Crippen molar-refractivity contribution in [1.29, 1.82) is 0 Å². The second-order valence-electron chi connectivity index (χ2n) is 7.51. The maximum atomic E-state index is 13.1. The average molecular weight is 475 g/mol. The number of sulfonamides is 1. The number of carbonyl (C=O) groups is 1. The third-order valence-electron chi connectivity index (χ3n) is 5.30. The molecule has 2 amide bonds. The van der Waals surface area contributed by atoms with Crippen LogP contribution in [0.15, 0.2) is 77.7 Å². The van der Waals surface area contributed by atoms with Crippen molar-refractivity contribution in [1.82, 2.24) is 4.31 Å². The number of para-hydroxylation sites is 1. The zero-order valence-corrected chi connectivity index (χ0v) is 18.1. The molecule has 0 spiro atoms. The number of nitrogens with one attached hydrogen (secondary N) is 2. The van der Waals surface area contributed by atoms with Crippen LogP contribution >= 0.6 is 0 Å². The van der Waals surface area contributed by atoms with E-state index in [9.17, 15) is 26.4 Å². The molecule has 1 aliphatic heterocycles. The number of anilines is 2. The molecule has 6 nitrogen and oxygen atoms in total. The van der Waals surface area contributed by atoms with E-state index in [1.165, 1.54) is 34.6 Å². The van der Waals surface area contributed by atoms with Gasteiger partial charge in [-0.1, -0.05) is 36.4 Å². The zero-order valence-electron chi connectivity index (χ0n) is 17.3. The first-order valence-corrected chi connectivity index (χ1v) is 11.5. The van der Waals surface area contributed by atoms with Gasteiger partial charge in [0.15, 0.2) is 0 Å². The molecule has 3 aromatic rings. The molecule has 0 saturated carbocycles. The van der Waals surface area contributed by atoms with E-state index in [0.717, 1.165) is 11.6 Å². The van der Waals surface area contributed by atoms with E-state index in [0.29, 0.717) is 24.2 Å². The SMILES string of the molecule is O=C(Nc1ccc2c(c1)CN(S(=O)(=O)c1ccccc1)CC2)Nc1ccccc1C(F)(F)F. The quantitative estimate of drug-likeness (QED) is 0.551. The van der Waals surface area contributed by atoms with Crippen molar-refractivity contribution in [2.75, 3.05) is 17.2 Å². The van der Waals surface area contributed by atoms with Crippen LogP contribution in [0.1, 0.15) is 16.7 Å². The van der Waals surface area contributed by atoms with Gasteiger partial charge >= 0.3 is 12.2 Å². The number of nitrogens with zero attached hydrogens (tertiary/aromatic N) is 1. The van der Waals surface area contributed by atoms with Crippen molar-refractivity contribution in [3.8, 4) is 0 Å². The van der Waals surface area contributed by atoms with Gasteiger partial charge in [-0.25, -0.2) is 13.2 Å². The van der Waals surface area contributed by atoms with Crippen molar-refractivity contribution in [2.24, 2.45) is 0 Å². The smallest absolute Gasteiger partial charge is 0.308 e. The summed E-state index contributed by atoms with van der Waals surface area (Å²) in [5.41, 5.74) is 0.694. The van der Waals surface area contributed by atoms with E-state index in [1.807, 2.05) is 0 Å². The van der Waals surface area contributed by atoms with Crippen LogP contribution in [0.5, 0.6) is 0 Å². The van der Waals surface area contributed by atoms with Crippen LogP contribution in [0.25, 0.3) is 0 Å². The lowest BCUT2D eigenvalue weighted by Crippen LogP contribution is -2.36. The molecular formula is C23H20F3N3O3S. The molecule has 0 fully saturated rings. The molecule has 0 atom stereocenters. The molecule has 4 rings (SSSR count). The lowest BCUT2D eigenvalue weighted by molar-refractivity contribution is -0.136. The molecule has 3 aromatic carbocycles. The minimum atomic E-state index is -4.61. The zero-order chi connectivity index (χ0) is 23.6. The maximum absolute atomic E-state index is 13.1. The van der Waals surface area contributed by atoms with Gasteiger partial charge < -0.3 is 10.6 Å². The van der Waals surface area contributed by atoms with Gasteiger partial charge in [0.25, 0.3) is 0 Å². The van der Waals surface area contributed by atoms with Crippen LogP contribution in [0.3, 0.4) is 0 Å². The summed E-state index contributed by atoms with van der Waals surface area (Å²) in [7, 11) is -3.67. The molecule has 1 heterocycles. The van der Waals surface area contributed by atoms with Gasteiger partial charge in [0, 0.05) is 18.8 Å². The van der Waals surface area contributed by atoms with Gasteiger partial charge in [-0.05, 0) is 53.9 Å². The highest BCUT2D eigenvalue weighted by atomic mass is 32.2. The van der Waals surface area contributed by atoms with Crippen LogP contribution in [0.2, 0.25) is 0 Å². The Labute approximate surface area is 189 Å². The molecule has 172 valence electrons. The summed E-state index contributed by atoms with van der Waals surface area (Å²) in [4.78, 5) is 12.5. The van der Waals surface area contributed by atoms with Gasteiger partial charge in [-0.2, -0.15) is 17.5 Å². The number of carbonyl (C=O) groups excluding carboxylic acids is 1. The normalized spacial score (nSPS) is 14.4. The third kappa shape index (κ3) is 5.01. The van der Waals surface area contributed by atoms with Gasteiger partial charge in [-0.3, -0.25) is 0 Å². The van der Waals surface area contributed by atoms with Gasteiger partial charge in [0.05, 0.1) is 16.1 Å². The first-order valence-electron chi connectivity index (χ1n) is 10.1. The molecule has 33 heavy (non-hydrogen) atoms. The summed E-state index contributed by atoms with van der Waals surface area (Å²) in [6.45, 7) is 0.451. The Morgan fingerprint density at radius 3 is 2.30 bits per heavy atom. The van der Waals surface area contributed by atoms with Crippen molar-refractivity contribution < 1.29 is 26.4 Å². The second kappa shape index (κ2) is 8.87. The Morgan fingerprint density at radius 2 is 1.58 bits per heavy atom. The molecule has 0 aromatic heterocycles. The molecule has 0 bridgehead atoms. The number of urea groups is 1. The van der Waals surface area contributed by atoms with Crippen LogP contribution in [0.4, 0.5) is 29.3 Å². The third-order valence-corrected chi connectivity index (χ3v) is 7.16. The first kappa shape index (κ1) is 22.8. The topological polar surface area (TPSA) is 78.5 Å². The van der Waals surface area contributed by atoms with E-state index < -0.39 is 27.8 Å². The molecule has 0 saturated heterocycles. The highest BCUT2D eigenvalue weighted by Crippen LogP contribution is 2.34. The number of halogens is 3. The first-order chi connectivity index (χ1) is 15.6. The Kier molecular flexibility index (Phi) is 6.13. The van der Waals surface area contributed by atoms with Gasteiger partial charge in [0.1, 0.15) is 0 Å². The van der Waals surface area contributed by atoms with Gasteiger partial charge in [-0.15, -0.1) is 0 Å². The monoisotopic (exact) mass is 475 g/mol. The van der Waals surface area contributed by atoms with E-state index in [4.69, 9.17) is 0 Å². The maximum Gasteiger partial charge on any atom is 0.418 e. The van der Waals surface area contributed by atoms with E-state index >= 15 is 0 Å². The number of hydrogen-bond acceptors (Lipinski definition) is 3. The molecule has 0 radical (unpaired) electrons. The molecule has 1 aliphatic rings. The average Bonchev–Trinajstić information content (AvgIpc) is 2.78. The summed E-state index contributed by atoms with van der Waals surface area (Å²) < 4.78 is 66.7. The predicted molar refractivity (Wildman–Crippen MR) is 118 cm³/mol. The summed E-state index contributed by atoms with van der Waals surface area (Å²) in [5, 5.41) is 4.74. The number of hydrogen-bond donors (Lipinski definition) is 2. The van der Waals surface area contributed by atoms with Crippen LogP contribution in [-0.2, 0) is 29.2 Å². The van der Waals surface area contributed by atoms with Crippen molar-refractivity contribution in [3.05, 3.63) is 89.5 Å². The van der Waals surface area contributed by atoms with E-state index in [1.54, 1.807) is 36.4 Å². The fraction of sp³-hybridized carbons (Fsp3) is 0.174. The number of amides is 2. The lowest BCUT2D eigenvalue weighted by Gasteiger charge is -2.28. The summed E-state index contributed by atoms with van der Waals surface area (Å²) in [5.74, 6) is 0. The van der Waals surface area contributed by atoms with Crippen LogP contribution in [-0.4, -0.2) is 25.3 Å². The molecule has 2 N–H and O–H groups in total. The lowest BCUT2D eigenvalue weighted by atomic mass is 10.0. The Bertz CT molecular complexity index is 1280. The van der Waals surface area contributed by atoms with Crippen molar-refractivity contribution in [3.63, 3.8) is 0 Å². The second-order valence-corrected chi connectivity index (χ2v) is 9.45. The Balaban J connectivity index is 1.50. The standard InChI is InChI=1S/C23H20F3N3O3S/c24-23(25,26)20-8-4-5-9-21(20)28-22(30)27-18-11-10-16-12-13-29(15-17(16)14-18)33(31,32)19-6-2-1-3-7-19/h1-11,14H,12-13,15H2,(H2,27,28,30). The number of rotatable bonds is 4. The fourth-order valence-corrected chi connectivity index (χ4v) is 5.12. The van der Waals surface area contributed by atoms with Crippen LogP contribution in [0, 0.1) is 0 Å². The molecule has 0 unspecified atom stereocenters. The molecular weight excluding hydrogens is 455 g/mol. The summed E-state index contributed by atoms with van der Waals surface area (Å²) in [6.07, 6.45) is -4.10. The van der Waals surface area contributed by atoms with Crippen LogP contribution < -0.4 is 10.6 Å².